The van der Waals surface area contributed by atoms with Crippen molar-refractivity contribution in [1.82, 2.24) is 30.7 Å². The van der Waals surface area contributed by atoms with Crippen molar-refractivity contribution in [2.75, 3.05) is 0 Å². The van der Waals surface area contributed by atoms with Crippen LogP contribution in [0.5, 0.6) is 0 Å². The average Bonchev–Trinajstić information content (AvgIpc) is 3.26. The number of nitrogens with zero attached hydrogens (tertiary/aromatic N) is 3. The first-order valence-electron chi connectivity index (χ1n) is 7.87. The summed E-state index contributed by atoms with van der Waals surface area (Å²) >= 11 is 0. The van der Waals surface area contributed by atoms with Crippen LogP contribution in [0.25, 0.3) is 0 Å². The molecule has 12 nitrogen and oxygen atoms in total. The number of H-pyrrole nitrogens is 1. The molecule has 2 amide bonds. The molecule has 0 aliphatic rings. The number of amides is 2. The Morgan fingerprint density at radius 3 is 2.85 bits per heavy atom. The number of carboxylic acid groups (broad SMARTS) is 1. The molecule has 0 fully saturated rings. The summed E-state index contributed by atoms with van der Waals surface area (Å²) in [5.74, 6) is -0.927. The molecule has 0 radical (unpaired) electrons. The van der Waals surface area contributed by atoms with E-state index in [-0.39, 0.29) is 12.4 Å². The summed E-state index contributed by atoms with van der Waals surface area (Å²) in [6.45, 7) is 1.15. The van der Waals surface area contributed by atoms with E-state index in [9.17, 15) is 14.7 Å². The molecule has 12 heteroatoms. The fourth-order valence-electron chi connectivity index (χ4n) is 2.09. The van der Waals surface area contributed by atoms with Gasteiger partial charge in [-0.05, 0) is 19.8 Å². The second kappa shape index (κ2) is 8.92. The van der Waals surface area contributed by atoms with Gasteiger partial charge in [-0.15, -0.1) is 0 Å². The Hall–Kier alpha value is -2.99. The Morgan fingerprint density at radius 1 is 1.46 bits per heavy atom. The number of aromatic nitrogens is 4. The molecule has 0 saturated heterocycles. The van der Waals surface area contributed by atoms with Crippen LogP contribution in [0.4, 0.5) is 4.79 Å². The van der Waals surface area contributed by atoms with Crippen LogP contribution in [-0.4, -0.2) is 54.5 Å². The van der Waals surface area contributed by atoms with Crippen LogP contribution in [0, 0.1) is 0 Å². The summed E-state index contributed by atoms with van der Waals surface area (Å²) in [7, 11) is 0. The number of carbonyl (C=O) groups excluding carboxylic acids is 1. The molecule has 0 aromatic carbocycles. The number of carboxylic acids is 1. The summed E-state index contributed by atoms with van der Waals surface area (Å²) in [6.07, 6.45) is 3.28. The summed E-state index contributed by atoms with van der Waals surface area (Å²) in [5.41, 5.74) is 6.94. The number of rotatable bonds is 9. The minimum atomic E-state index is -1.43. The second-order valence-electron chi connectivity index (χ2n) is 5.65. The molecular weight excluding hydrogens is 346 g/mol. The van der Waals surface area contributed by atoms with Crippen LogP contribution in [-0.2, 0) is 17.8 Å². The smallest absolute Gasteiger partial charge is 0.328 e. The van der Waals surface area contributed by atoms with Gasteiger partial charge in [-0.25, -0.2) is 14.6 Å². The zero-order chi connectivity index (χ0) is 19.1. The van der Waals surface area contributed by atoms with E-state index in [1.807, 2.05) is 0 Å². The van der Waals surface area contributed by atoms with E-state index in [1.165, 1.54) is 6.92 Å². The number of aliphatic hydroxyl groups excluding tert-OH is 1. The molecule has 0 aliphatic heterocycles. The maximum absolute atomic E-state index is 11.7. The molecule has 0 spiro atoms. The minimum absolute atomic E-state index is 0.113. The monoisotopic (exact) mass is 367 g/mol. The van der Waals surface area contributed by atoms with Crippen LogP contribution in [0.2, 0.25) is 0 Å². The van der Waals surface area contributed by atoms with Gasteiger partial charge in [0.05, 0.1) is 25.0 Å². The van der Waals surface area contributed by atoms with E-state index in [0.717, 1.165) is 5.69 Å². The molecule has 2 rings (SSSR count). The third-order valence-corrected chi connectivity index (χ3v) is 3.53. The molecule has 142 valence electrons. The van der Waals surface area contributed by atoms with Crippen LogP contribution >= 0.6 is 0 Å². The van der Waals surface area contributed by atoms with Crippen molar-refractivity contribution < 1.29 is 24.3 Å². The number of aliphatic carboxylic acids is 1. The standard InChI is InChI=1S/C14H21N7O5/c1-7(22)11(13(23)24)20-14(25)17-5-10-19-12(21-26-10)9(15)3-2-8-4-16-6-18-8/h4,6-7,9,11,22H,2-3,5,15H2,1H3,(H,16,18)(H,23,24)(H2,17,20,25)/t7?,9-,11-/m0/s1. The molecular formula is C14H21N7O5. The highest BCUT2D eigenvalue weighted by Gasteiger charge is 2.25. The third-order valence-electron chi connectivity index (χ3n) is 3.53. The van der Waals surface area contributed by atoms with Crippen LogP contribution in [0.15, 0.2) is 17.0 Å². The number of nitrogens with one attached hydrogen (secondary N) is 3. The van der Waals surface area contributed by atoms with Gasteiger partial charge in [0.2, 0.25) is 5.89 Å². The number of urea groups is 1. The van der Waals surface area contributed by atoms with Crippen molar-refractivity contribution in [3.63, 3.8) is 0 Å². The van der Waals surface area contributed by atoms with Crippen molar-refractivity contribution in [2.45, 2.75) is 44.5 Å². The Bertz CT molecular complexity index is 715. The summed E-state index contributed by atoms with van der Waals surface area (Å²) in [6, 6.07) is -2.66. The highest BCUT2D eigenvalue weighted by Crippen LogP contribution is 2.13. The molecule has 7 N–H and O–H groups in total. The lowest BCUT2D eigenvalue weighted by atomic mass is 10.1. The molecule has 2 heterocycles. The second-order valence-corrected chi connectivity index (χ2v) is 5.65. The normalized spacial score (nSPS) is 14.4. The highest BCUT2D eigenvalue weighted by molar-refractivity contribution is 5.82. The molecule has 2 aromatic heterocycles. The predicted octanol–water partition coefficient (Wildman–Crippen LogP) is -0.941. The van der Waals surface area contributed by atoms with Gasteiger partial charge >= 0.3 is 12.0 Å². The van der Waals surface area contributed by atoms with Crippen LogP contribution in [0.3, 0.4) is 0 Å². The van der Waals surface area contributed by atoms with E-state index in [4.69, 9.17) is 15.4 Å². The van der Waals surface area contributed by atoms with Gasteiger partial charge in [0.25, 0.3) is 0 Å². The van der Waals surface area contributed by atoms with Crippen LogP contribution < -0.4 is 16.4 Å². The summed E-state index contributed by atoms with van der Waals surface area (Å²) in [4.78, 5) is 33.6. The third kappa shape index (κ3) is 5.53. The Balaban J connectivity index is 1.80. The maximum Gasteiger partial charge on any atom is 0.328 e. The SMILES string of the molecule is CC(O)[C@H](NC(=O)NCc1nc([C@@H](N)CCc2cnc[nH]2)no1)C(=O)O. The quantitative estimate of drug-likeness (QED) is 0.324. The zero-order valence-corrected chi connectivity index (χ0v) is 14.0. The number of imidazole rings is 1. The molecule has 0 aliphatic carbocycles. The number of hydrogen-bond donors (Lipinski definition) is 6. The predicted molar refractivity (Wildman–Crippen MR) is 86.6 cm³/mol. The van der Waals surface area contributed by atoms with E-state index >= 15 is 0 Å². The molecule has 1 unspecified atom stereocenters. The van der Waals surface area contributed by atoms with Gasteiger partial charge in [-0.3, -0.25) is 0 Å². The number of aliphatic hydroxyl groups is 1. The summed E-state index contributed by atoms with van der Waals surface area (Å²) < 4.78 is 5.00. The van der Waals surface area contributed by atoms with Crippen molar-refractivity contribution in [3.8, 4) is 0 Å². The van der Waals surface area contributed by atoms with Gasteiger partial charge in [0, 0.05) is 11.9 Å². The van der Waals surface area contributed by atoms with Gasteiger partial charge in [-0.2, -0.15) is 4.98 Å². The van der Waals surface area contributed by atoms with E-state index < -0.39 is 30.2 Å². The molecule has 3 atom stereocenters. The fourth-order valence-corrected chi connectivity index (χ4v) is 2.09. The number of nitrogens with two attached hydrogens (primary N) is 1. The lowest BCUT2D eigenvalue weighted by molar-refractivity contribution is -0.141. The molecule has 26 heavy (non-hydrogen) atoms. The van der Waals surface area contributed by atoms with Crippen molar-refractivity contribution in [1.29, 1.82) is 0 Å². The Kier molecular flexibility index (Phi) is 6.63. The van der Waals surface area contributed by atoms with Crippen molar-refractivity contribution in [3.05, 3.63) is 29.9 Å². The largest absolute Gasteiger partial charge is 0.480 e. The van der Waals surface area contributed by atoms with Gasteiger partial charge in [0.15, 0.2) is 11.9 Å². The van der Waals surface area contributed by atoms with Crippen molar-refractivity contribution in [2.24, 2.45) is 5.73 Å². The topological polar surface area (TPSA) is 192 Å². The molecule has 0 bridgehead atoms. The van der Waals surface area contributed by atoms with Crippen molar-refractivity contribution >= 4 is 12.0 Å². The lowest BCUT2D eigenvalue weighted by Crippen LogP contribution is -2.51. The number of carbonyl (C=O) groups is 2. The Labute approximate surface area is 148 Å². The molecule has 0 saturated carbocycles. The number of aryl methyl sites for hydroxylation is 1. The first-order chi connectivity index (χ1) is 12.4. The summed E-state index contributed by atoms with van der Waals surface area (Å²) in [5, 5.41) is 26.5. The average molecular weight is 367 g/mol. The first-order valence-corrected chi connectivity index (χ1v) is 7.87. The lowest BCUT2D eigenvalue weighted by Gasteiger charge is -2.16. The maximum atomic E-state index is 11.7. The first kappa shape index (κ1) is 19.3. The van der Waals surface area contributed by atoms with E-state index in [2.05, 4.69) is 30.7 Å². The zero-order valence-electron chi connectivity index (χ0n) is 14.0. The van der Waals surface area contributed by atoms with E-state index in [0.29, 0.717) is 18.7 Å². The number of hydrogen-bond acceptors (Lipinski definition) is 8. The Morgan fingerprint density at radius 2 is 2.23 bits per heavy atom. The van der Waals surface area contributed by atoms with E-state index in [1.54, 1.807) is 12.5 Å². The van der Waals surface area contributed by atoms with Crippen LogP contribution in [0.1, 0.15) is 36.8 Å². The van der Waals surface area contributed by atoms with Gasteiger partial charge in [0.1, 0.15) is 0 Å². The minimum Gasteiger partial charge on any atom is -0.480 e. The fraction of sp³-hybridized carbons (Fsp3) is 0.500. The van der Waals surface area contributed by atoms with Gasteiger partial charge < -0.3 is 36.1 Å². The highest BCUT2D eigenvalue weighted by atomic mass is 16.5. The number of aromatic amines is 1. The molecule has 2 aromatic rings. The van der Waals surface area contributed by atoms with Gasteiger partial charge in [-0.1, -0.05) is 5.16 Å².